The van der Waals surface area contributed by atoms with Gasteiger partial charge in [-0.05, 0) is 0 Å². The number of hydrogen-bond acceptors (Lipinski definition) is 1. The van der Waals surface area contributed by atoms with Gasteiger partial charge in [0.2, 0.25) is 0 Å². The molecule has 0 aliphatic carbocycles. The molecule has 0 aromatic heterocycles. The summed E-state index contributed by atoms with van der Waals surface area (Å²) in [5, 5.41) is 0. The molecule has 0 aromatic carbocycles. The molecule has 0 rings (SSSR count). The van der Waals surface area contributed by atoms with Crippen molar-refractivity contribution in [2.24, 2.45) is 0 Å². The molecule has 0 aromatic rings. The van der Waals surface area contributed by atoms with E-state index in [1.807, 2.05) is 10.2 Å². The van der Waals surface area contributed by atoms with Crippen molar-refractivity contribution in [3.8, 4) is 0 Å². The summed E-state index contributed by atoms with van der Waals surface area (Å²) in [6, 6.07) is 0. The van der Waals surface area contributed by atoms with E-state index < -0.39 is 0 Å². The van der Waals surface area contributed by atoms with Gasteiger partial charge < -0.3 is 0 Å². The molecular formula is C2H6SSe2. The monoisotopic (exact) mass is 222 g/mol. The normalized spacial score (nSPS) is 8.40. The zero-order valence-corrected chi connectivity index (χ0v) is 7.47. The van der Waals surface area contributed by atoms with Gasteiger partial charge in [0, 0.05) is 0 Å². The summed E-state index contributed by atoms with van der Waals surface area (Å²) in [6.07, 6.45) is 2.17. The van der Waals surface area contributed by atoms with E-state index in [0.717, 1.165) is 25.1 Å². The summed E-state index contributed by atoms with van der Waals surface area (Å²) in [5.41, 5.74) is 0. The van der Waals surface area contributed by atoms with Gasteiger partial charge in [-0.1, -0.05) is 0 Å². The second kappa shape index (κ2) is 5.39. The second-order valence-electron chi connectivity index (χ2n) is 0.401. The predicted octanol–water partition coefficient (Wildman–Crippen LogP) is 0.636. The average molecular weight is 220 g/mol. The Morgan fingerprint density at radius 3 is 2.20 bits per heavy atom. The quantitative estimate of drug-likeness (QED) is 0.615. The van der Waals surface area contributed by atoms with Crippen LogP contribution in [0.15, 0.2) is 0 Å². The number of rotatable bonds is 2. The van der Waals surface area contributed by atoms with Gasteiger partial charge in [-0.3, -0.25) is 0 Å². The van der Waals surface area contributed by atoms with Crippen molar-refractivity contribution in [1.82, 2.24) is 0 Å². The van der Waals surface area contributed by atoms with Crippen LogP contribution < -0.4 is 0 Å². The van der Waals surface area contributed by atoms with E-state index in [4.69, 9.17) is 0 Å². The third kappa shape index (κ3) is 5.39. The maximum atomic E-state index is 2.28. The summed E-state index contributed by atoms with van der Waals surface area (Å²) in [6.45, 7) is 0. The second-order valence-corrected chi connectivity index (χ2v) is 12.6. The van der Waals surface area contributed by atoms with E-state index in [0.29, 0.717) is 0 Å². The van der Waals surface area contributed by atoms with Gasteiger partial charge in [-0.25, -0.2) is 0 Å². The fraction of sp³-hybridized carbons (Fsp3) is 1.00. The summed E-state index contributed by atoms with van der Waals surface area (Å²) < 4.78 is 0. The van der Waals surface area contributed by atoms with Crippen LogP contribution in [-0.2, 0) is 0 Å². The maximum absolute atomic E-state index is 2.28. The zero-order valence-electron chi connectivity index (χ0n) is 3.22. The molecular weight excluding hydrogens is 214 g/mol. The average Bonchev–Trinajstić information content (AvgIpc) is 1.41. The zero-order chi connectivity index (χ0) is 4.12. The Morgan fingerprint density at radius 2 is 2.20 bits per heavy atom. The molecule has 0 radical (unpaired) electrons. The van der Waals surface area contributed by atoms with E-state index in [2.05, 4.69) is 12.1 Å². The van der Waals surface area contributed by atoms with E-state index in [1.165, 1.54) is 0 Å². The van der Waals surface area contributed by atoms with Crippen LogP contribution >= 0.6 is 10.2 Å². The van der Waals surface area contributed by atoms with Crippen molar-refractivity contribution in [3.05, 3.63) is 0 Å². The van der Waals surface area contributed by atoms with E-state index >= 15 is 0 Å². The number of hydrogen-bond donors (Lipinski definition) is 0. The molecule has 0 amide bonds. The minimum atomic E-state index is 0.938. The van der Waals surface area contributed by atoms with Gasteiger partial charge in [-0.15, -0.1) is 0 Å². The van der Waals surface area contributed by atoms with Crippen molar-refractivity contribution in [3.63, 3.8) is 0 Å². The van der Waals surface area contributed by atoms with Gasteiger partial charge in [0.15, 0.2) is 0 Å². The standard InChI is InChI=1S/C2H6SSe2/c1-3-5-4-2/h1-2H3. The Kier molecular flexibility index (Phi) is 6.89. The van der Waals surface area contributed by atoms with Crippen LogP contribution in [-0.4, -0.2) is 31.4 Å². The van der Waals surface area contributed by atoms with Crippen LogP contribution in [0.3, 0.4) is 0 Å². The summed E-state index contributed by atoms with van der Waals surface area (Å²) in [5.74, 6) is 2.28. The molecule has 0 saturated heterocycles. The Labute approximate surface area is 47.4 Å². The molecule has 0 bridgehead atoms. The third-order valence-corrected chi connectivity index (χ3v) is 11.0. The molecule has 0 nitrogen and oxygen atoms in total. The van der Waals surface area contributed by atoms with Crippen LogP contribution in [0.1, 0.15) is 0 Å². The van der Waals surface area contributed by atoms with Crippen LogP contribution in [0, 0.1) is 0 Å². The Hall–Kier alpha value is 1.39. The molecule has 0 spiro atoms. The van der Waals surface area contributed by atoms with Crippen LogP contribution in [0.2, 0.25) is 5.82 Å². The molecule has 0 atom stereocenters. The summed E-state index contributed by atoms with van der Waals surface area (Å²) in [4.78, 5) is 0. The molecule has 0 aliphatic rings. The van der Waals surface area contributed by atoms with Gasteiger partial charge in [0.1, 0.15) is 0 Å². The SMILES string of the molecule is CS[Se][Se]C. The topological polar surface area (TPSA) is 0 Å². The van der Waals surface area contributed by atoms with E-state index in [9.17, 15) is 0 Å². The van der Waals surface area contributed by atoms with E-state index in [1.54, 1.807) is 0 Å². The van der Waals surface area contributed by atoms with Gasteiger partial charge in [0.25, 0.3) is 0 Å². The molecule has 0 N–H and O–H groups in total. The Balaban J connectivity index is 2.19. The first-order chi connectivity index (χ1) is 2.41. The van der Waals surface area contributed by atoms with Crippen molar-refractivity contribution in [2.45, 2.75) is 5.82 Å². The molecule has 0 saturated carbocycles. The molecule has 32 valence electrons. The first-order valence-electron chi connectivity index (χ1n) is 1.15. The van der Waals surface area contributed by atoms with Crippen molar-refractivity contribution in [1.29, 1.82) is 0 Å². The summed E-state index contributed by atoms with van der Waals surface area (Å²) >= 11 is 1.89. The first-order valence-corrected chi connectivity index (χ1v) is 10.4. The third-order valence-electron chi connectivity index (χ3n) is 0.136. The van der Waals surface area contributed by atoms with Gasteiger partial charge in [-0.2, -0.15) is 0 Å². The molecule has 5 heavy (non-hydrogen) atoms. The van der Waals surface area contributed by atoms with Gasteiger partial charge >= 0.3 is 47.4 Å². The fourth-order valence-corrected chi connectivity index (χ4v) is 5.51. The predicted molar refractivity (Wildman–Crippen MR) is 30.9 cm³/mol. The van der Waals surface area contributed by atoms with Crippen molar-refractivity contribution in [2.75, 3.05) is 6.26 Å². The Morgan fingerprint density at radius 1 is 1.60 bits per heavy atom. The van der Waals surface area contributed by atoms with Crippen molar-refractivity contribution >= 4 is 35.3 Å². The van der Waals surface area contributed by atoms with Crippen molar-refractivity contribution < 1.29 is 0 Å². The molecule has 0 heterocycles. The van der Waals surface area contributed by atoms with Gasteiger partial charge in [0.05, 0.1) is 0 Å². The van der Waals surface area contributed by atoms with Crippen LogP contribution in [0.4, 0.5) is 0 Å². The fourth-order valence-electron chi connectivity index (χ4n) is 0.0680. The Bertz CT molecular complexity index is 15.1. The minimum absolute atomic E-state index is 0.938. The van der Waals surface area contributed by atoms with Crippen LogP contribution in [0.5, 0.6) is 0 Å². The molecule has 0 unspecified atom stereocenters. The molecule has 3 heteroatoms. The molecule has 0 aliphatic heterocycles. The van der Waals surface area contributed by atoms with E-state index in [-0.39, 0.29) is 0 Å². The summed E-state index contributed by atoms with van der Waals surface area (Å²) in [7, 11) is 1.99. The first kappa shape index (κ1) is 6.39. The molecule has 0 fully saturated rings. The van der Waals surface area contributed by atoms with Crippen LogP contribution in [0.25, 0.3) is 0 Å².